The Labute approximate surface area is 134 Å². The van der Waals surface area contributed by atoms with Gasteiger partial charge in [0.1, 0.15) is 5.92 Å². The molecule has 0 aromatic carbocycles. The molecule has 0 radical (unpaired) electrons. The van der Waals surface area contributed by atoms with E-state index in [4.69, 9.17) is 0 Å². The minimum atomic E-state index is -4.01. The number of unbranched alkanes of at least 4 members (excludes halogenated alkanes) is 2. The SMILES string of the molecule is CCCCN1C(=O)C(CC(C)C)C(=O)N(CCCC)S1(=O)=O. The van der Waals surface area contributed by atoms with Crippen molar-refractivity contribution in [3.05, 3.63) is 0 Å². The van der Waals surface area contributed by atoms with Crippen LogP contribution in [-0.4, -0.2) is 41.9 Å². The second-order valence-corrected chi connectivity index (χ2v) is 7.99. The van der Waals surface area contributed by atoms with Crippen molar-refractivity contribution in [3.8, 4) is 0 Å². The number of nitrogens with zero attached hydrogens (tertiary/aromatic N) is 2. The molecule has 1 heterocycles. The summed E-state index contributed by atoms with van der Waals surface area (Å²) >= 11 is 0. The Kier molecular flexibility index (Phi) is 6.84. The van der Waals surface area contributed by atoms with E-state index >= 15 is 0 Å². The Morgan fingerprint density at radius 2 is 1.36 bits per heavy atom. The van der Waals surface area contributed by atoms with Gasteiger partial charge < -0.3 is 0 Å². The van der Waals surface area contributed by atoms with E-state index in [1.165, 1.54) is 0 Å². The Morgan fingerprint density at radius 1 is 0.955 bits per heavy atom. The molecule has 0 N–H and O–H groups in total. The zero-order chi connectivity index (χ0) is 16.9. The fraction of sp³-hybridized carbons (Fsp3) is 0.867. The maximum absolute atomic E-state index is 12.6. The molecule has 1 rings (SSSR count). The monoisotopic (exact) mass is 332 g/mol. The number of hydrogen-bond acceptors (Lipinski definition) is 4. The number of amides is 2. The van der Waals surface area contributed by atoms with Gasteiger partial charge in [-0.1, -0.05) is 40.5 Å². The van der Waals surface area contributed by atoms with Crippen molar-refractivity contribution in [2.24, 2.45) is 11.8 Å². The van der Waals surface area contributed by atoms with Crippen molar-refractivity contribution < 1.29 is 18.0 Å². The highest BCUT2D eigenvalue weighted by Gasteiger charge is 2.48. The van der Waals surface area contributed by atoms with Crippen LogP contribution in [0, 0.1) is 11.8 Å². The minimum Gasteiger partial charge on any atom is -0.273 e. The van der Waals surface area contributed by atoms with Crippen molar-refractivity contribution in [2.45, 2.75) is 59.8 Å². The first kappa shape index (κ1) is 18.9. The average molecular weight is 332 g/mol. The Hall–Kier alpha value is -1.11. The van der Waals surface area contributed by atoms with E-state index < -0.39 is 27.9 Å². The van der Waals surface area contributed by atoms with Crippen LogP contribution in [0.3, 0.4) is 0 Å². The van der Waals surface area contributed by atoms with Crippen molar-refractivity contribution in [1.82, 2.24) is 8.61 Å². The third kappa shape index (κ3) is 4.00. The molecule has 1 saturated heterocycles. The van der Waals surface area contributed by atoms with Crippen LogP contribution in [0.5, 0.6) is 0 Å². The van der Waals surface area contributed by atoms with Gasteiger partial charge in [-0.15, -0.1) is 0 Å². The van der Waals surface area contributed by atoms with Crippen molar-refractivity contribution in [1.29, 1.82) is 0 Å². The summed E-state index contributed by atoms with van der Waals surface area (Å²) in [6.45, 7) is 8.04. The molecule has 0 spiro atoms. The summed E-state index contributed by atoms with van der Waals surface area (Å²) in [6, 6.07) is 0. The fourth-order valence-electron chi connectivity index (χ4n) is 2.53. The molecule has 0 bridgehead atoms. The molecule has 1 aliphatic heterocycles. The summed E-state index contributed by atoms with van der Waals surface area (Å²) in [4.78, 5) is 25.0. The van der Waals surface area contributed by atoms with E-state index in [-0.39, 0.29) is 19.0 Å². The largest absolute Gasteiger partial charge is 0.330 e. The van der Waals surface area contributed by atoms with Crippen LogP contribution >= 0.6 is 0 Å². The second kappa shape index (κ2) is 7.94. The van der Waals surface area contributed by atoms with Crippen LogP contribution < -0.4 is 0 Å². The predicted molar refractivity (Wildman–Crippen MR) is 85.1 cm³/mol. The number of carbonyl (C=O) groups is 2. The summed E-state index contributed by atoms with van der Waals surface area (Å²) in [7, 11) is -4.01. The highest BCUT2D eigenvalue weighted by Crippen LogP contribution is 2.28. The lowest BCUT2D eigenvalue weighted by Crippen LogP contribution is -2.60. The molecule has 0 aromatic rings. The molecular weight excluding hydrogens is 304 g/mol. The van der Waals surface area contributed by atoms with Crippen molar-refractivity contribution >= 4 is 22.0 Å². The molecule has 2 amide bonds. The fourth-order valence-corrected chi connectivity index (χ4v) is 4.19. The molecule has 1 fully saturated rings. The van der Waals surface area contributed by atoms with Gasteiger partial charge in [-0.2, -0.15) is 8.42 Å². The summed E-state index contributed by atoms with van der Waals surface area (Å²) in [5.41, 5.74) is 0. The molecule has 22 heavy (non-hydrogen) atoms. The predicted octanol–water partition coefficient (Wildman–Crippen LogP) is 2.16. The topological polar surface area (TPSA) is 74.8 Å². The molecular formula is C15H28N2O4S. The average Bonchev–Trinajstić information content (AvgIpc) is 2.43. The van der Waals surface area contributed by atoms with Gasteiger partial charge in [0.15, 0.2) is 0 Å². The van der Waals surface area contributed by atoms with E-state index in [9.17, 15) is 18.0 Å². The molecule has 1 aliphatic rings. The molecule has 6 nitrogen and oxygen atoms in total. The van der Waals surface area contributed by atoms with Gasteiger partial charge in [0.25, 0.3) is 0 Å². The van der Waals surface area contributed by atoms with Crippen LogP contribution in [0.2, 0.25) is 0 Å². The zero-order valence-corrected chi connectivity index (χ0v) is 14.9. The van der Waals surface area contributed by atoms with Crippen LogP contribution in [0.25, 0.3) is 0 Å². The van der Waals surface area contributed by atoms with Gasteiger partial charge >= 0.3 is 10.2 Å². The molecule has 0 aromatic heterocycles. The van der Waals surface area contributed by atoms with Crippen LogP contribution in [0.4, 0.5) is 0 Å². The maximum atomic E-state index is 12.6. The maximum Gasteiger partial charge on any atom is 0.330 e. The van der Waals surface area contributed by atoms with Gasteiger partial charge in [0.05, 0.1) is 0 Å². The zero-order valence-electron chi connectivity index (χ0n) is 14.0. The van der Waals surface area contributed by atoms with E-state index in [0.29, 0.717) is 19.3 Å². The van der Waals surface area contributed by atoms with E-state index in [1.807, 2.05) is 27.7 Å². The van der Waals surface area contributed by atoms with E-state index in [0.717, 1.165) is 21.5 Å². The second-order valence-electron chi connectivity index (χ2n) is 6.22. The first-order chi connectivity index (χ1) is 10.3. The van der Waals surface area contributed by atoms with Gasteiger partial charge in [-0.3, -0.25) is 9.59 Å². The van der Waals surface area contributed by atoms with Gasteiger partial charge in [-0.25, -0.2) is 8.61 Å². The third-order valence-electron chi connectivity index (χ3n) is 3.78. The van der Waals surface area contributed by atoms with E-state index in [2.05, 4.69) is 0 Å². The van der Waals surface area contributed by atoms with E-state index in [1.54, 1.807) is 0 Å². The minimum absolute atomic E-state index is 0.153. The molecule has 7 heteroatoms. The van der Waals surface area contributed by atoms with Crippen LogP contribution in [0.15, 0.2) is 0 Å². The third-order valence-corrected chi connectivity index (χ3v) is 5.62. The molecule has 0 unspecified atom stereocenters. The lowest BCUT2D eigenvalue weighted by molar-refractivity contribution is -0.145. The summed E-state index contributed by atoms with van der Waals surface area (Å²) in [5.74, 6) is -1.82. The molecule has 0 saturated carbocycles. The standard InChI is InChI=1S/C15H28N2O4S/c1-5-7-9-16-14(18)13(11-12(3)4)15(19)17(10-8-6-2)22(16,20)21/h12-13H,5-11H2,1-4H3. The summed E-state index contributed by atoms with van der Waals surface area (Å²) < 4.78 is 27.0. The highest BCUT2D eigenvalue weighted by molar-refractivity contribution is 7.88. The Balaban J connectivity index is 3.14. The van der Waals surface area contributed by atoms with Gasteiger partial charge in [0.2, 0.25) is 11.8 Å². The molecule has 128 valence electrons. The lowest BCUT2D eigenvalue weighted by Gasteiger charge is -2.38. The Bertz CT molecular complexity index is 468. The first-order valence-electron chi connectivity index (χ1n) is 8.15. The quantitative estimate of drug-likeness (QED) is 0.638. The van der Waals surface area contributed by atoms with Gasteiger partial charge in [-0.05, 0) is 25.2 Å². The molecule has 0 atom stereocenters. The Morgan fingerprint density at radius 3 is 1.68 bits per heavy atom. The summed E-state index contributed by atoms with van der Waals surface area (Å²) in [5, 5.41) is 0. The van der Waals surface area contributed by atoms with Crippen LogP contribution in [0.1, 0.15) is 59.8 Å². The smallest absolute Gasteiger partial charge is 0.273 e. The normalized spacial score (nSPS) is 19.3. The van der Waals surface area contributed by atoms with Crippen molar-refractivity contribution in [3.63, 3.8) is 0 Å². The summed E-state index contributed by atoms with van der Waals surface area (Å²) in [6.07, 6.45) is 3.18. The number of rotatable bonds is 8. The molecule has 0 aliphatic carbocycles. The highest BCUT2D eigenvalue weighted by atomic mass is 32.2. The van der Waals surface area contributed by atoms with Crippen molar-refractivity contribution in [2.75, 3.05) is 13.1 Å². The van der Waals surface area contributed by atoms with Crippen LogP contribution in [-0.2, 0) is 19.8 Å². The first-order valence-corrected chi connectivity index (χ1v) is 9.55. The number of carbonyl (C=O) groups excluding carboxylic acids is 2. The van der Waals surface area contributed by atoms with Gasteiger partial charge in [0, 0.05) is 13.1 Å². The number of hydrogen-bond donors (Lipinski definition) is 0. The lowest BCUT2D eigenvalue weighted by atomic mass is 9.95.